The van der Waals surface area contributed by atoms with Crippen molar-refractivity contribution in [1.29, 1.82) is 0 Å². The number of nitrogens with one attached hydrogen (secondary N) is 1. The third-order valence-corrected chi connectivity index (χ3v) is 4.96. The number of hydrogen-bond acceptors (Lipinski definition) is 2. The molecule has 4 heteroatoms. The topological polar surface area (TPSA) is 38.3 Å². The molecular formula is C22H22BrNO2. The summed E-state index contributed by atoms with van der Waals surface area (Å²) < 4.78 is 6.50. The predicted octanol–water partition coefficient (Wildman–Crippen LogP) is 5.92. The molecule has 0 aliphatic carbocycles. The zero-order chi connectivity index (χ0) is 18.7. The third kappa shape index (κ3) is 4.07. The van der Waals surface area contributed by atoms with Crippen molar-refractivity contribution in [2.75, 3.05) is 12.4 Å². The van der Waals surface area contributed by atoms with Gasteiger partial charge >= 0.3 is 0 Å². The van der Waals surface area contributed by atoms with E-state index in [0.29, 0.717) is 5.92 Å². The van der Waals surface area contributed by atoms with Crippen molar-refractivity contribution in [1.82, 2.24) is 0 Å². The Morgan fingerprint density at radius 1 is 1.08 bits per heavy atom. The van der Waals surface area contributed by atoms with Gasteiger partial charge in [-0.15, -0.1) is 0 Å². The van der Waals surface area contributed by atoms with Crippen LogP contribution in [0.2, 0.25) is 0 Å². The zero-order valence-electron chi connectivity index (χ0n) is 15.2. The van der Waals surface area contributed by atoms with E-state index in [1.807, 2.05) is 42.5 Å². The van der Waals surface area contributed by atoms with E-state index in [9.17, 15) is 4.79 Å². The summed E-state index contributed by atoms with van der Waals surface area (Å²) in [5.41, 5.74) is 2.96. The number of methoxy groups -OCH3 is 1. The fourth-order valence-electron chi connectivity index (χ4n) is 3.04. The van der Waals surface area contributed by atoms with Gasteiger partial charge < -0.3 is 10.1 Å². The molecule has 0 spiro atoms. The quantitative estimate of drug-likeness (QED) is 0.565. The highest BCUT2D eigenvalue weighted by molar-refractivity contribution is 9.10. The van der Waals surface area contributed by atoms with Crippen molar-refractivity contribution in [3.05, 3.63) is 70.2 Å². The summed E-state index contributed by atoms with van der Waals surface area (Å²) in [7, 11) is 1.63. The Morgan fingerprint density at radius 2 is 1.81 bits per heavy atom. The molecule has 0 saturated heterocycles. The zero-order valence-corrected chi connectivity index (χ0v) is 16.8. The normalized spacial score (nSPS) is 11.0. The van der Waals surface area contributed by atoms with Crippen LogP contribution < -0.4 is 10.1 Å². The van der Waals surface area contributed by atoms with Crippen LogP contribution in [0.25, 0.3) is 10.8 Å². The average Bonchev–Trinajstić information content (AvgIpc) is 2.62. The molecule has 26 heavy (non-hydrogen) atoms. The highest BCUT2D eigenvalue weighted by atomic mass is 79.9. The van der Waals surface area contributed by atoms with Crippen LogP contribution in [0.5, 0.6) is 5.75 Å². The summed E-state index contributed by atoms with van der Waals surface area (Å²) in [6, 6.07) is 18.0. The number of carbonyl (C=O) groups excluding carboxylic acids is 1. The maximum Gasteiger partial charge on any atom is 0.228 e. The molecule has 0 fully saturated rings. The van der Waals surface area contributed by atoms with Crippen LogP contribution in [0.3, 0.4) is 0 Å². The highest BCUT2D eigenvalue weighted by Gasteiger charge is 2.13. The van der Waals surface area contributed by atoms with Crippen LogP contribution in [0.1, 0.15) is 30.9 Å². The SMILES string of the molecule is COc1ccc2cc(Br)ccc2c1CC(=O)Nc1ccc(C(C)C)cc1. The lowest BCUT2D eigenvalue weighted by atomic mass is 10.0. The molecule has 1 amide bonds. The first kappa shape index (κ1) is 18.5. The van der Waals surface area contributed by atoms with Gasteiger partial charge in [-0.2, -0.15) is 0 Å². The molecule has 134 valence electrons. The van der Waals surface area contributed by atoms with E-state index in [4.69, 9.17) is 4.74 Å². The fourth-order valence-corrected chi connectivity index (χ4v) is 3.41. The summed E-state index contributed by atoms with van der Waals surface area (Å²) in [6.07, 6.45) is 0.258. The second kappa shape index (κ2) is 7.92. The summed E-state index contributed by atoms with van der Waals surface area (Å²) >= 11 is 3.49. The maximum absolute atomic E-state index is 12.6. The van der Waals surface area contributed by atoms with Crippen LogP contribution in [-0.4, -0.2) is 13.0 Å². The molecule has 3 nitrogen and oxygen atoms in total. The second-order valence-electron chi connectivity index (χ2n) is 6.61. The lowest BCUT2D eigenvalue weighted by Gasteiger charge is -2.13. The minimum Gasteiger partial charge on any atom is -0.496 e. The Morgan fingerprint density at radius 3 is 2.46 bits per heavy atom. The average molecular weight is 412 g/mol. The number of benzene rings is 3. The Kier molecular flexibility index (Phi) is 5.62. The molecule has 3 aromatic carbocycles. The Labute approximate surface area is 162 Å². The summed E-state index contributed by atoms with van der Waals surface area (Å²) in [5, 5.41) is 5.08. The van der Waals surface area contributed by atoms with Crippen molar-refractivity contribution in [3.8, 4) is 5.75 Å². The first-order chi connectivity index (χ1) is 12.5. The number of halogens is 1. The van der Waals surface area contributed by atoms with E-state index in [0.717, 1.165) is 32.2 Å². The standard InChI is InChI=1S/C22H22BrNO2/c1-14(2)15-4-8-18(9-5-15)24-22(25)13-20-19-10-7-17(23)12-16(19)6-11-21(20)26-3/h4-12,14H,13H2,1-3H3,(H,24,25). The van der Waals surface area contributed by atoms with E-state index >= 15 is 0 Å². The number of fused-ring (bicyclic) bond motifs is 1. The van der Waals surface area contributed by atoms with Crippen molar-refractivity contribution < 1.29 is 9.53 Å². The summed E-state index contributed by atoms with van der Waals surface area (Å²) in [5.74, 6) is 1.14. The smallest absolute Gasteiger partial charge is 0.228 e. The molecule has 0 aliphatic heterocycles. The second-order valence-corrected chi connectivity index (χ2v) is 7.53. The number of carbonyl (C=O) groups is 1. The molecular weight excluding hydrogens is 390 g/mol. The largest absolute Gasteiger partial charge is 0.496 e. The van der Waals surface area contributed by atoms with Gasteiger partial charge in [0.1, 0.15) is 5.75 Å². The Hall–Kier alpha value is -2.33. The Bertz CT molecular complexity index is 933. The van der Waals surface area contributed by atoms with Gasteiger partial charge in [-0.3, -0.25) is 4.79 Å². The molecule has 0 aromatic heterocycles. The van der Waals surface area contributed by atoms with Gasteiger partial charge in [0.2, 0.25) is 5.91 Å². The predicted molar refractivity (Wildman–Crippen MR) is 111 cm³/mol. The van der Waals surface area contributed by atoms with Crippen molar-refractivity contribution in [2.24, 2.45) is 0 Å². The maximum atomic E-state index is 12.6. The lowest BCUT2D eigenvalue weighted by Crippen LogP contribution is -2.15. The number of amides is 1. The van der Waals surface area contributed by atoms with Crippen LogP contribution in [0.4, 0.5) is 5.69 Å². The number of hydrogen-bond donors (Lipinski definition) is 1. The fraction of sp³-hybridized carbons (Fsp3) is 0.227. The molecule has 3 rings (SSSR count). The van der Waals surface area contributed by atoms with Gasteiger partial charge in [0.15, 0.2) is 0 Å². The molecule has 0 heterocycles. The van der Waals surface area contributed by atoms with Gasteiger partial charge in [0, 0.05) is 15.7 Å². The van der Waals surface area contributed by atoms with Crippen molar-refractivity contribution in [3.63, 3.8) is 0 Å². The molecule has 0 saturated carbocycles. The van der Waals surface area contributed by atoms with Gasteiger partial charge in [0.05, 0.1) is 13.5 Å². The number of anilines is 1. The van der Waals surface area contributed by atoms with E-state index in [1.54, 1.807) is 7.11 Å². The minimum atomic E-state index is -0.0592. The number of ether oxygens (including phenoxy) is 1. The van der Waals surface area contributed by atoms with Crippen molar-refractivity contribution >= 4 is 38.3 Å². The third-order valence-electron chi connectivity index (χ3n) is 4.47. The van der Waals surface area contributed by atoms with Crippen molar-refractivity contribution in [2.45, 2.75) is 26.2 Å². The summed E-state index contributed by atoms with van der Waals surface area (Å²) in [6.45, 7) is 4.30. The van der Waals surface area contributed by atoms with Gasteiger partial charge in [-0.05, 0) is 52.6 Å². The van der Waals surface area contributed by atoms with Crippen LogP contribution in [0.15, 0.2) is 59.1 Å². The van der Waals surface area contributed by atoms with Crippen LogP contribution in [0, 0.1) is 0 Å². The van der Waals surface area contributed by atoms with Gasteiger partial charge in [-0.1, -0.05) is 54.0 Å². The lowest BCUT2D eigenvalue weighted by molar-refractivity contribution is -0.115. The molecule has 1 N–H and O–H groups in total. The Balaban J connectivity index is 1.84. The molecule has 0 radical (unpaired) electrons. The van der Waals surface area contributed by atoms with E-state index in [-0.39, 0.29) is 12.3 Å². The monoisotopic (exact) mass is 411 g/mol. The molecule has 0 unspecified atom stereocenters. The first-order valence-electron chi connectivity index (χ1n) is 8.63. The molecule has 3 aromatic rings. The minimum absolute atomic E-state index is 0.0592. The van der Waals surface area contributed by atoms with E-state index in [2.05, 4.69) is 47.2 Å². The van der Waals surface area contributed by atoms with Crippen LogP contribution >= 0.6 is 15.9 Å². The first-order valence-corrected chi connectivity index (χ1v) is 9.42. The van der Waals surface area contributed by atoms with E-state index < -0.39 is 0 Å². The highest BCUT2D eigenvalue weighted by Crippen LogP contribution is 2.30. The van der Waals surface area contributed by atoms with Gasteiger partial charge in [-0.25, -0.2) is 0 Å². The van der Waals surface area contributed by atoms with Crippen LogP contribution in [-0.2, 0) is 11.2 Å². The molecule has 0 atom stereocenters. The molecule has 0 aliphatic rings. The van der Waals surface area contributed by atoms with Gasteiger partial charge in [0.25, 0.3) is 0 Å². The number of rotatable bonds is 5. The molecule has 0 bridgehead atoms. The van der Waals surface area contributed by atoms with E-state index in [1.165, 1.54) is 5.56 Å². The summed E-state index contributed by atoms with van der Waals surface area (Å²) in [4.78, 5) is 12.6.